The number of benzene rings is 2. The van der Waals surface area contributed by atoms with Gasteiger partial charge in [-0.05, 0) is 49.4 Å². The van der Waals surface area contributed by atoms with Crippen LogP contribution in [0, 0.1) is 5.82 Å². The van der Waals surface area contributed by atoms with Gasteiger partial charge in [0.05, 0.1) is 13.0 Å². The molecule has 132 valence electrons. The van der Waals surface area contributed by atoms with Crippen molar-refractivity contribution in [3.05, 3.63) is 58.8 Å². The third-order valence-corrected chi connectivity index (χ3v) is 3.65. The summed E-state index contributed by atoms with van der Waals surface area (Å²) in [7, 11) is 0. The van der Waals surface area contributed by atoms with Crippen molar-refractivity contribution in [3.8, 4) is 5.75 Å². The Balaban J connectivity index is 1.73. The van der Waals surface area contributed by atoms with Crippen molar-refractivity contribution in [2.75, 3.05) is 11.9 Å². The summed E-state index contributed by atoms with van der Waals surface area (Å²) >= 11 is 3.33. The Bertz CT molecular complexity index is 736. The van der Waals surface area contributed by atoms with Crippen molar-refractivity contribution in [2.24, 2.45) is 0 Å². The maximum Gasteiger partial charge on any atom is 0.310 e. The van der Waals surface area contributed by atoms with E-state index in [1.54, 1.807) is 12.1 Å². The summed E-state index contributed by atoms with van der Waals surface area (Å²) in [5.74, 6) is -0.809. The van der Waals surface area contributed by atoms with Crippen LogP contribution in [0.5, 0.6) is 5.75 Å². The summed E-state index contributed by atoms with van der Waals surface area (Å²) in [6.45, 7) is 1.60. The highest BCUT2D eigenvalue weighted by atomic mass is 79.9. The van der Waals surface area contributed by atoms with Crippen molar-refractivity contribution in [3.63, 3.8) is 0 Å². The number of halogens is 2. The minimum atomic E-state index is -0.969. The predicted molar refractivity (Wildman–Crippen MR) is 94.8 cm³/mol. The lowest BCUT2D eigenvalue weighted by Gasteiger charge is -2.14. The van der Waals surface area contributed by atoms with E-state index >= 15 is 0 Å². The Labute approximate surface area is 153 Å². The lowest BCUT2D eigenvalue weighted by atomic mass is 10.3. The molecular formula is C18H17BrFNO4. The Hall–Kier alpha value is -2.41. The average molecular weight is 410 g/mol. The molecule has 0 heterocycles. The van der Waals surface area contributed by atoms with Crippen molar-refractivity contribution < 1.29 is 23.5 Å². The van der Waals surface area contributed by atoms with E-state index in [0.29, 0.717) is 11.4 Å². The fraction of sp³-hybridized carbons (Fsp3) is 0.222. The van der Waals surface area contributed by atoms with E-state index in [0.717, 1.165) is 4.47 Å². The highest BCUT2D eigenvalue weighted by molar-refractivity contribution is 9.10. The monoisotopic (exact) mass is 409 g/mol. The third-order valence-electron chi connectivity index (χ3n) is 3.16. The molecule has 0 radical (unpaired) electrons. The first kappa shape index (κ1) is 18.9. The number of rotatable bonds is 7. The van der Waals surface area contributed by atoms with E-state index in [4.69, 9.17) is 9.47 Å². The fourth-order valence-electron chi connectivity index (χ4n) is 1.90. The van der Waals surface area contributed by atoms with Crippen LogP contribution in [0.25, 0.3) is 0 Å². The number of esters is 1. The Morgan fingerprint density at radius 3 is 2.60 bits per heavy atom. The van der Waals surface area contributed by atoms with Crippen LogP contribution >= 0.6 is 15.9 Å². The van der Waals surface area contributed by atoms with Crippen molar-refractivity contribution in [1.29, 1.82) is 0 Å². The summed E-state index contributed by atoms with van der Waals surface area (Å²) in [6.07, 6.45) is -0.954. The molecule has 0 aliphatic rings. The second kappa shape index (κ2) is 9.17. The SMILES string of the molecule is C[C@H](OC(=O)CCOc1cccc(Br)c1)C(=O)Nc1ccc(F)cc1. The van der Waals surface area contributed by atoms with Gasteiger partial charge in [0.25, 0.3) is 5.91 Å². The minimum Gasteiger partial charge on any atom is -0.493 e. The molecule has 25 heavy (non-hydrogen) atoms. The van der Waals surface area contributed by atoms with E-state index in [1.807, 2.05) is 12.1 Å². The molecule has 0 aliphatic heterocycles. The zero-order valence-corrected chi connectivity index (χ0v) is 15.1. The molecule has 5 nitrogen and oxygen atoms in total. The fourth-order valence-corrected chi connectivity index (χ4v) is 2.27. The number of carbonyl (C=O) groups excluding carboxylic acids is 2. The first-order valence-electron chi connectivity index (χ1n) is 7.58. The van der Waals surface area contributed by atoms with Gasteiger partial charge in [-0.2, -0.15) is 0 Å². The molecule has 0 spiro atoms. The van der Waals surface area contributed by atoms with Gasteiger partial charge < -0.3 is 14.8 Å². The van der Waals surface area contributed by atoms with Crippen molar-refractivity contribution in [2.45, 2.75) is 19.4 Å². The Morgan fingerprint density at radius 1 is 1.20 bits per heavy atom. The van der Waals surface area contributed by atoms with E-state index in [9.17, 15) is 14.0 Å². The zero-order valence-electron chi connectivity index (χ0n) is 13.5. The first-order valence-corrected chi connectivity index (χ1v) is 8.37. The predicted octanol–water partition coefficient (Wildman–Crippen LogP) is 3.93. The number of nitrogens with one attached hydrogen (secondary N) is 1. The minimum absolute atomic E-state index is 0.0146. The molecule has 0 unspecified atom stereocenters. The molecule has 2 aromatic rings. The van der Waals surface area contributed by atoms with Gasteiger partial charge in [-0.3, -0.25) is 9.59 Å². The largest absolute Gasteiger partial charge is 0.493 e. The summed E-state index contributed by atoms with van der Waals surface area (Å²) in [4.78, 5) is 23.7. The highest BCUT2D eigenvalue weighted by Gasteiger charge is 2.18. The molecule has 0 saturated heterocycles. The van der Waals surface area contributed by atoms with Gasteiger partial charge in [0.2, 0.25) is 0 Å². The summed E-state index contributed by atoms with van der Waals surface area (Å²) < 4.78 is 24.2. The molecule has 2 aromatic carbocycles. The molecule has 1 atom stereocenters. The smallest absolute Gasteiger partial charge is 0.310 e. The van der Waals surface area contributed by atoms with E-state index in [1.165, 1.54) is 31.2 Å². The van der Waals surface area contributed by atoms with Crippen LogP contribution in [0.4, 0.5) is 10.1 Å². The Kier molecular flexibility index (Phi) is 6.94. The average Bonchev–Trinajstić information content (AvgIpc) is 2.57. The quantitative estimate of drug-likeness (QED) is 0.703. The second-order valence-corrected chi connectivity index (χ2v) is 6.10. The van der Waals surface area contributed by atoms with Crippen molar-refractivity contribution >= 4 is 33.5 Å². The molecular weight excluding hydrogens is 393 g/mol. The summed E-state index contributed by atoms with van der Waals surface area (Å²) in [6, 6.07) is 12.5. The number of carbonyl (C=O) groups is 2. The standard InChI is InChI=1S/C18H17BrFNO4/c1-12(18(23)21-15-7-5-14(20)6-8-15)25-17(22)9-10-24-16-4-2-3-13(19)11-16/h2-8,11-12H,9-10H2,1H3,(H,21,23)/t12-/m0/s1. The zero-order chi connectivity index (χ0) is 18.2. The van der Waals surface area contributed by atoms with Gasteiger partial charge in [0.1, 0.15) is 11.6 Å². The normalized spacial score (nSPS) is 11.5. The lowest BCUT2D eigenvalue weighted by Crippen LogP contribution is -2.30. The molecule has 0 bridgehead atoms. The number of hydrogen-bond donors (Lipinski definition) is 1. The molecule has 0 aromatic heterocycles. The molecule has 1 amide bonds. The lowest BCUT2D eigenvalue weighted by molar-refractivity contribution is -0.153. The van der Waals surface area contributed by atoms with Crippen LogP contribution in [0.3, 0.4) is 0 Å². The molecule has 0 saturated carbocycles. The van der Waals surface area contributed by atoms with Gasteiger partial charge >= 0.3 is 5.97 Å². The molecule has 7 heteroatoms. The van der Waals surface area contributed by atoms with Crippen LogP contribution < -0.4 is 10.1 Å². The molecule has 2 rings (SSSR count). The van der Waals surface area contributed by atoms with Crippen LogP contribution in [-0.4, -0.2) is 24.6 Å². The third kappa shape index (κ3) is 6.54. The van der Waals surface area contributed by atoms with Gasteiger partial charge in [0.15, 0.2) is 6.10 Å². The van der Waals surface area contributed by atoms with E-state index < -0.39 is 23.8 Å². The van der Waals surface area contributed by atoms with Crippen LogP contribution in [-0.2, 0) is 14.3 Å². The molecule has 1 N–H and O–H groups in total. The number of hydrogen-bond acceptors (Lipinski definition) is 4. The van der Waals surface area contributed by atoms with Gasteiger partial charge in [-0.25, -0.2) is 4.39 Å². The number of amides is 1. The van der Waals surface area contributed by atoms with Gasteiger partial charge in [-0.1, -0.05) is 22.0 Å². The van der Waals surface area contributed by atoms with Gasteiger partial charge in [0, 0.05) is 10.2 Å². The highest BCUT2D eigenvalue weighted by Crippen LogP contribution is 2.17. The van der Waals surface area contributed by atoms with Crippen LogP contribution in [0.15, 0.2) is 53.0 Å². The second-order valence-electron chi connectivity index (χ2n) is 5.18. The van der Waals surface area contributed by atoms with Crippen molar-refractivity contribution in [1.82, 2.24) is 0 Å². The summed E-state index contributed by atoms with van der Waals surface area (Å²) in [5, 5.41) is 2.54. The topological polar surface area (TPSA) is 64.6 Å². The van der Waals surface area contributed by atoms with Crippen LogP contribution in [0.1, 0.15) is 13.3 Å². The maximum atomic E-state index is 12.8. The molecule has 0 aliphatic carbocycles. The first-order chi connectivity index (χ1) is 11.9. The maximum absolute atomic E-state index is 12.8. The number of anilines is 1. The Morgan fingerprint density at radius 2 is 1.92 bits per heavy atom. The van der Waals surface area contributed by atoms with Gasteiger partial charge in [-0.15, -0.1) is 0 Å². The van der Waals surface area contributed by atoms with E-state index in [-0.39, 0.29) is 13.0 Å². The number of ether oxygens (including phenoxy) is 2. The molecule has 0 fully saturated rings. The summed E-state index contributed by atoms with van der Waals surface area (Å²) in [5.41, 5.74) is 0.423. The van der Waals surface area contributed by atoms with E-state index in [2.05, 4.69) is 21.2 Å². The van der Waals surface area contributed by atoms with Crippen LogP contribution in [0.2, 0.25) is 0 Å².